The first-order valence-electron chi connectivity index (χ1n) is 5.04. The Kier molecular flexibility index (Phi) is 3.64. The van der Waals surface area contributed by atoms with Gasteiger partial charge in [0.2, 0.25) is 0 Å². The van der Waals surface area contributed by atoms with Crippen molar-refractivity contribution in [2.24, 2.45) is 0 Å². The summed E-state index contributed by atoms with van der Waals surface area (Å²) in [5.41, 5.74) is 0.370. The van der Waals surface area contributed by atoms with Crippen LogP contribution in [0, 0.1) is 11.6 Å². The molecule has 2 aromatic rings. The molecule has 17 heavy (non-hydrogen) atoms. The summed E-state index contributed by atoms with van der Waals surface area (Å²) < 4.78 is 38.2. The van der Waals surface area contributed by atoms with E-state index in [1.807, 2.05) is 0 Å². The summed E-state index contributed by atoms with van der Waals surface area (Å²) in [4.78, 5) is 0.369. The Morgan fingerprint density at radius 2 is 1.76 bits per heavy atom. The average Bonchev–Trinajstić information content (AvgIpc) is 2.32. The van der Waals surface area contributed by atoms with Crippen molar-refractivity contribution in [3.8, 4) is 0 Å². The lowest BCUT2D eigenvalue weighted by molar-refractivity contribution is 0.614. The molecular weight excluding hydrogens is 242 g/mol. The van der Waals surface area contributed by atoms with E-state index in [1.54, 1.807) is 24.3 Å². The maximum absolute atomic E-state index is 13.3. The van der Waals surface area contributed by atoms with Crippen LogP contribution in [0.15, 0.2) is 53.4 Å². The van der Waals surface area contributed by atoms with Crippen LogP contribution in [-0.2, 0) is 16.6 Å². The third kappa shape index (κ3) is 2.97. The van der Waals surface area contributed by atoms with Gasteiger partial charge in [0.05, 0.1) is 16.6 Å². The molecule has 0 saturated carbocycles. The maximum atomic E-state index is 13.3. The van der Waals surface area contributed by atoms with Gasteiger partial charge in [0.25, 0.3) is 0 Å². The summed E-state index contributed by atoms with van der Waals surface area (Å²) in [5, 5.41) is 0. The van der Waals surface area contributed by atoms with Crippen molar-refractivity contribution >= 4 is 10.8 Å². The van der Waals surface area contributed by atoms with E-state index in [4.69, 9.17) is 0 Å². The van der Waals surface area contributed by atoms with Crippen molar-refractivity contribution in [1.29, 1.82) is 0 Å². The van der Waals surface area contributed by atoms with E-state index in [1.165, 1.54) is 24.3 Å². The van der Waals surface area contributed by atoms with Crippen LogP contribution < -0.4 is 0 Å². The third-order valence-electron chi connectivity index (χ3n) is 2.30. The molecule has 0 bridgehead atoms. The molecule has 0 spiro atoms. The summed E-state index contributed by atoms with van der Waals surface area (Å²) in [5.74, 6) is -0.780. The number of benzene rings is 2. The molecular formula is C13H10F2OS. The highest BCUT2D eigenvalue weighted by Crippen LogP contribution is 2.15. The Morgan fingerprint density at radius 3 is 2.47 bits per heavy atom. The zero-order valence-corrected chi connectivity index (χ0v) is 9.71. The predicted octanol–water partition coefficient (Wildman–Crippen LogP) is 3.27. The number of halogens is 2. The second-order valence-corrected chi connectivity index (χ2v) is 4.99. The molecule has 0 aliphatic rings. The van der Waals surface area contributed by atoms with E-state index in [-0.39, 0.29) is 5.75 Å². The van der Waals surface area contributed by atoms with Gasteiger partial charge >= 0.3 is 0 Å². The Bertz CT molecular complexity index is 555. The topological polar surface area (TPSA) is 17.1 Å². The predicted molar refractivity (Wildman–Crippen MR) is 62.9 cm³/mol. The zero-order chi connectivity index (χ0) is 12.3. The summed E-state index contributed by atoms with van der Waals surface area (Å²) in [6, 6.07) is 11.7. The largest absolute Gasteiger partial charge is 0.254 e. The fourth-order valence-electron chi connectivity index (χ4n) is 1.45. The van der Waals surface area contributed by atoms with Crippen molar-refractivity contribution in [2.45, 2.75) is 10.6 Å². The van der Waals surface area contributed by atoms with Gasteiger partial charge < -0.3 is 0 Å². The van der Waals surface area contributed by atoms with Crippen molar-refractivity contribution in [1.82, 2.24) is 0 Å². The lowest BCUT2D eigenvalue weighted by Crippen LogP contribution is -1.99. The first-order chi connectivity index (χ1) is 8.16. The molecule has 0 aliphatic heterocycles. The van der Waals surface area contributed by atoms with Gasteiger partial charge in [0.1, 0.15) is 11.6 Å². The fourth-order valence-corrected chi connectivity index (χ4v) is 2.61. The van der Waals surface area contributed by atoms with Crippen LogP contribution in [-0.4, -0.2) is 4.21 Å². The highest BCUT2D eigenvalue weighted by Gasteiger charge is 2.09. The molecule has 0 fully saturated rings. The van der Waals surface area contributed by atoms with Gasteiger partial charge in [-0.2, -0.15) is 0 Å². The Balaban J connectivity index is 2.20. The second kappa shape index (κ2) is 5.19. The molecule has 4 heteroatoms. The van der Waals surface area contributed by atoms with Gasteiger partial charge in [0.15, 0.2) is 0 Å². The van der Waals surface area contributed by atoms with Gasteiger partial charge in [0, 0.05) is 10.5 Å². The Hall–Kier alpha value is -1.55. The standard InChI is InChI=1S/C13H10F2OS/c14-11-5-3-6-12(8-11)17(16)9-10-4-1-2-7-13(10)15/h1-8H,9H2. The van der Waals surface area contributed by atoms with Crippen LogP contribution in [0.2, 0.25) is 0 Å². The minimum absolute atomic E-state index is 0.0517. The second-order valence-electron chi connectivity index (χ2n) is 3.54. The minimum Gasteiger partial charge on any atom is -0.254 e. The van der Waals surface area contributed by atoms with Crippen LogP contribution >= 0.6 is 0 Å². The van der Waals surface area contributed by atoms with E-state index in [9.17, 15) is 13.0 Å². The van der Waals surface area contributed by atoms with E-state index in [0.29, 0.717) is 10.5 Å². The van der Waals surface area contributed by atoms with Crippen LogP contribution in [0.5, 0.6) is 0 Å². The number of hydrogen-bond donors (Lipinski definition) is 0. The first kappa shape index (κ1) is 11.9. The van der Waals surface area contributed by atoms with Gasteiger partial charge in [-0.25, -0.2) is 8.78 Å². The number of rotatable bonds is 3. The molecule has 0 amide bonds. The van der Waals surface area contributed by atoms with E-state index in [0.717, 1.165) is 0 Å². The fraction of sp³-hybridized carbons (Fsp3) is 0.0769. The Labute approximate surface area is 101 Å². The summed E-state index contributed by atoms with van der Waals surface area (Å²) in [6.45, 7) is 0. The van der Waals surface area contributed by atoms with Gasteiger partial charge in [-0.1, -0.05) is 24.3 Å². The van der Waals surface area contributed by atoms with Crippen molar-refractivity contribution in [3.05, 3.63) is 65.7 Å². The summed E-state index contributed by atoms with van der Waals surface area (Å²) in [6.07, 6.45) is 0. The monoisotopic (exact) mass is 252 g/mol. The highest BCUT2D eigenvalue weighted by atomic mass is 32.2. The van der Waals surface area contributed by atoms with E-state index in [2.05, 4.69) is 0 Å². The molecule has 0 radical (unpaired) electrons. The first-order valence-corrected chi connectivity index (χ1v) is 6.36. The molecule has 2 aromatic carbocycles. The normalized spacial score (nSPS) is 12.4. The maximum Gasteiger partial charge on any atom is 0.127 e. The van der Waals surface area contributed by atoms with Crippen LogP contribution in [0.3, 0.4) is 0 Å². The SMILES string of the molecule is O=S(Cc1ccccc1F)c1cccc(F)c1. The molecule has 0 saturated heterocycles. The molecule has 88 valence electrons. The summed E-state index contributed by atoms with van der Waals surface area (Å²) in [7, 11) is -1.43. The van der Waals surface area contributed by atoms with Gasteiger partial charge in [-0.3, -0.25) is 4.21 Å². The van der Waals surface area contributed by atoms with E-state index < -0.39 is 22.4 Å². The van der Waals surface area contributed by atoms with Crippen molar-refractivity contribution in [3.63, 3.8) is 0 Å². The Morgan fingerprint density at radius 1 is 1.00 bits per heavy atom. The van der Waals surface area contributed by atoms with Crippen molar-refractivity contribution < 1.29 is 13.0 Å². The lowest BCUT2D eigenvalue weighted by Gasteiger charge is -2.03. The molecule has 0 heterocycles. The van der Waals surface area contributed by atoms with Crippen molar-refractivity contribution in [2.75, 3.05) is 0 Å². The number of hydrogen-bond acceptors (Lipinski definition) is 1. The molecule has 2 rings (SSSR count). The zero-order valence-electron chi connectivity index (χ0n) is 8.90. The average molecular weight is 252 g/mol. The van der Waals surface area contributed by atoms with Crippen LogP contribution in [0.25, 0.3) is 0 Å². The third-order valence-corrected chi connectivity index (χ3v) is 3.66. The van der Waals surface area contributed by atoms with Gasteiger partial charge in [-0.15, -0.1) is 0 Å². The molecule has 1 unspecified atom stereocenters. The quantitative estimate of drug-likeness (QED) is 0.819. The molecule has 0 aliphatic carbocycles. The molecule has 0 aromatic heterocycles. The summed E-state index contributed by atoms with van der Waals surface area (Å²) >= 11 is 0. The lowest BCUT2D eigenvalue weighted by atomic mass is 10.2. The van der Waals surface area contributed by atoms with Crippen LogP contribution in [0.1, 0.15) is 5.56 Å². The van der Waals surface area contributed by atoms with E-state index >= 15 is 0 Å². The smallest absolute Gasteiger partial charge is 0.127 e. The molecule has 1 atom stereocenters. The molecule has 1 nitrogen and oxygen atoms in total. The highest BCUT2D eigenvalue weighted by molar-refractivity contribution is 7.84. The van der Waals surface area contributed by atoms with Crippen LogP contribution in [0.4, 0.5) is 8.78 Å². The van der Waals surface area contributed by atoms with Gasteiger partial charge in [-0.05, 0) is 24.3 Å². The molecule has 0 N–H and O–H groups in total. The minimum atomic E-state index is -1.43.